The van der Waals surface area contributed by atoms with E-state index in [2.05, 4.69) is 19.2 Å². The number of hydrogen-bond acceptors (Lipinski definition) is 3. The summed E-state index contributed by atoms with van der Waals surface area (Å²) in [7, 11) is 0. The zero-order valence-corrected chi connectivity index (χ0v) is 10.9. The summed E-state index contributed by atoms with van der Waals surface area (Å²) in [4.78, 5) is 22.6. The second-order valence-corrected chi connectivity index (χ2v) is 5.33. The lowest BCUT2D eigenvalue weighted by Crippen LogP contribution is -2.35. The number of alkyl carbamates (subject to hydrolysis) is 1. The van der Waals surface area contributed by atoms with Crippen LogP contribution in [0.25, 0.3) is 0 Å². The Bertz CT molecular complexity index is 241. The summed E-state index contributed by atoms with van der Waals surface area (Å²) in [5.74, 6) is 0.546. The Morgan fingerprint density at radius 1 is 1.25 bits per heavy atom. The zero-order valence-electron chi connectivity index (χ0n) is 10.9. The Morgan fingerprint density at radius 3 is 2.25 bits per heavy atom. The molecule has 0 aromatic rings. The smallest absolute Gasteiger partial charge is 0.408 e. The van der Waals surface area contributed by atoms with E-state index in [-0.39, 0.29) is 12.3 Å². The standard InChI is InChI=1S/C12H23NO3/c1-9(2)6-7-10(14)8-13-11(15)16-12(3,4)5/h9H,6-8H2,1-5H3,(H,13,15). The highest BCUT2D eigenvalue weighted by molar-refractivity contribution is 5.83. The van der Waals surface area contributed by atoms with Crippen LogP contribution in [0.3, 0.4) is 0 Å². The maximum atomic E-state index is 11.3. The maximum Gasteiger partial charge on any atom is 0.408 e. The predicted molar refractivity (Wildman–Crippen MR) is 63.3 cm³/mol. The van der Waals surface area contributed by atoms with Crippen molar-refractivity contribution in [2.45, 2.75) is 53.1 Å². The third-order valence-corrected chi connectivity index (χ3v) is 1.83. The first-order valence-corrected chi connectivity index (χ1v) is 5.69. The average molecular weight is 229 g/mol. The van der Waals surface area contributed by atoms with Gasteiger partial charge in [0.1, 0.15) is 5.60 Å². The molecule has 0 unspecified atom stereocenters. The van der Waals surface area contributed by atoms with Gasteiger partial charge >= 0.3 is 6.09 Å². The first-order chi connectivity index (χ1) is 7.20. The number of rotatable bonds is 5. The number of hydrogen-bond donors (Lipinski definition) is 1. The molecular formula is C12H23NO3. The Morgan fingerprint density at radius 2 is 1.81 bits per heavy atom. The Balaban J connectivity index is 3.72. The van der Waals surface area contributed by atoms with E-state index in [0.717, 1.165) is 6.42 Å². The van der Waals surface area contributed by atoms with Crippen molar-refractivity contribution in [3.63, 3.8) is 0 Å². The highest BCUT2D eigenvalue weighted by atomic mass is 16.6. The van der Waals surface area contributed by atoms with Gasteiger partial charge in [0.25, 0.3) is 0 Å². The molecule has 0 saturated heterocycles. The van der Waals surface area contributed by atoms with Crippen molar-refractivity contribution in [1.29, 1.82) is 0 Å². The summed E-state index contributed by atoms with van der Waals surface area (Å²) in [6, 6.07) is 0. The summed E-state index contributed by atoms with van der Waals surface area (Å²) >= 11 is 0. The van der Waals surface area contributed by atoms with Crippen LogP contribution in [0.5, 0.6) is 0 Å². The molecule has 1 amide bonds. The molecule has 0 saturated carbocycles. The molecule has 0 aromatic heterocycles. The van der Waals surface area contributed by atoms with Crippen molar-refractivity contribution in [3.05, 3.63) is 0 Å². The van der Waals surface area contributed by atoms with E-state index in [0.29, 0.717) is 12.3 Å². The third-order valence-electron chi connectivity index (χ3n) is 1.83. The number of carbonyl (C=O) groups excluding carboxylic acids is 2. The predicted octanol–water partition coefficient (Wildman–Crippen LogP) is 2.52. The maximum absolute atomic E-state index is 11.3. The van der Waals surface area contributed by atoms with Crippen molar-refractivity contribution in [3.8, 4) is 0 Å². The van der Waals surface area contributed by atoms with E-state index >= 15 is 0 Å². The molecular weight excluding hydrogens is 206 g/mol. The fourth-order valence-corrected chi connectivity index (χ4v) is 1.02. The van der Waals surface area contributed by atoms with Gasteiger partial charge in [-0.25, -0.2) is 4.79 Å². The van der Waals surface area contributed by atoms with Crippen molar-refractivity contribution in [2.24, 2.45) is 5.92 Å². The summed E-state index contributed by atoms with van der Waals surface area (Å²) in [6.07, 6.45) is 0.827. The molecule has 1 N–H and O–H groups in total. The van der Waals surface area contributed by atoms with Crippen molar-refractivity contribution in [2.75, 3.05) is 6.54 Å². The van der Waals surface area contributed by atoms with E-state index < -0.39 is 11.7 Å². The minimum atomic E-state index is -0.537. The van der Waals surface area contributed by atoms with Gasteiger partial charge in [0.2, 0.25) is 0 Å². The van der Waals surface area contributed by atoms with Gasteiger partial charge in [-0.2, -0.15) is 0 Å². The van der Waals surface area contributed by atoms with Crippen LogP contribution in [-0.2, 0) is 9.53 Å². The minimum Gasteiger partial charge on any atom is -0.444 e. The van der Waals surface area contributed by atoms with E-state index in [1.54, 1.807) is 20.8 Å². The topological polar surface area (TPSA) is 55.4 Å². The molecule has 94 valence electrons. The fourth-order valence-electron chi connectivity index (χ4n) is 1.02. The molecule has 0 aromatic carbocycles. The van der Waals surface area contributed by atoms with Crippen LogP contribution in [0.1, 0.15) is 47.5 Å². The van der Waals surface area contributed by atoms with Gasteiger partial charge in [0.05, 0.1) is 6.54 Å². The van der Waals surface area contributed by atoms with Gasteiger partial charge in [-0.1, -0.05) is 13.8 Å². The van der Waals surface area contributed by atoms with Crippen LogP contribution >= 0.6 is 0 Å². The molecule has 16 heavy (non-hydrogen) atoms. The first kappa shape index (κ1) is 14.9. The molecule has 0 spiro atoms. The number of ether oxygens (including phenoxy) is 1. The Kier molecular flexibility index (Phi) is 6.08. The lowest BCUT2D eigenvalue weighted by atomic mass is 10.1. The van der Waals surface area contributed by atoms with Crippen LogP contribution in [0.2, 0.25) is 0 Å². The Labute approximate surface area is 97.7 Å². The molecule has 0 heterocycles. The quantitative estimate of drug-likeness (QED) is 0.788. The normalized spacial score (nSPS) is 11.4. The molecule has 0 aliphatic rings. The summed E-state index contributed by atoms with van der Waals surface area (Å²) in [6.45, 7) is 9.54. The number of amides is 1. The fraction of sp³-hybridized carbons (Fsp3) is 0.833. The van der Waals surface area contributed by atoms with Gasteiger partial charge in [-0.15, -0.1) is 0 Å². The van der Waals surface area contributed by atoms with Gasteiger partial charge in [0, 0.05) is 6.42 Å². The van der Waals surface area contributed by atoms with Gasteiger partial charge in [-0.3, -0.25) is 4.79 Å². The van der Waals surface area contributed by atoms with Crippen molar-refractivity contribution < 1.29 is 14.3 Å². The highest BCUT2D eigenvalue weighted by Gasteiger charge is 2.16. The summed E-state index contributed by atoms with van der Waals surface area (Å²) in [5, 5.41) is 2.45. The number of ketones is 1. The van der Waals surface area contributed by atoms with E-state index in [1.807, 2.05) is 0 Å². The van der Waals surface area contributed by atoms with Crippen LogP contribution in [0.4, 0.5) is 4.79 Å². The second kappa shape index (κ2) is 6.51. The lowest BCUT2D eigenvalue weighted by Gasteiger charge is -2.19. The van der Waals surface area contributed by atoms with Crippen LogP contribution in [-0.4, -0.2) is 24.0 Å². The average Bonchev–Trinajstić information content (AvgIpc) is 2.08. The van der Waals surface area contributed by atoms with E-state index in [9.17, 15) is 9.59 Å². The summed E-state index contributed by atoms with van der Waals surface area (Å²) < 4.78 is 5.01. The monoisotopic (exact) mass is 229 g/mol. The van der Waals surface area contributed by atoms with E-state index in [4.69, 9.17) is 4.74 Å². The van der Waals surface area contributed by atoms with Gasteiger partial charge in [-0.05, 0) is 33.1 Å². The molecule has 0 radical (unpaired) electrons. The molecule has 4 heteroatoms. The lowest BCUT2D eigenvalue weighted by molar-refractivity contribution is -0.118. The molecule has 0 aliphatic carbocycles. The summed E-state index contributed by atoms with van der Waals surface area (Å²) in [5.41, 5.74) is -0.523. The van der Waals surface area contributed by atoms with Crippen LogP contribution < -0.4 is 5.32 Å². The first-order valence-electron chi connectivity index (χ1n) is 5.69. The van der Waals surface area contributed by atoms with Gasteiger partial charge in [0.15, 0.2) is 5.78 Å². The molecule has 4 nitrogen and oxygen atoms in total. The third kappa shape index (κ3) is 9.49. The molecule has 0 bridgehead atoms. The Hall–Kier alpha value is -1.06. The second-order valence-electron chi connectivity index (χ2n) is 5.33. The highest BCUT2D eigenvalue weighted by Crippen LogP contribution is 2.06. The van der Waals surface area contributed by atoms with Crippen LogP contribution in [0, 0.1) is 5.92 Å². The van der Waals surface area contributed by atoms with Gasteiger partial charge < -0.3 is 10.1 Å². The zero-order chi connectivity index (χ0) is 12.8. The van der Waals surface area contributed by atoms with Crippen LogP contribution in [0.15, 0.2) is 0 Å². The minimum absolute atomic E-state index is 0.0413. The molecule has 0 atom stereocenters. The van der Waals surface area contributed by atoms with Crippen molar-refractivity contribution >= 4 is 11.9 Å². The molecule has 0 rings (SSSR count). The molecule has 0 aliphatic heterocycles. The number of Topliss-reactive ketones (excluding diaryl/α,β-unsaturated/α-hetero) is 1. The van der Waals surface area contributed by atoms with Crippen molar-refractivity contribution in [1.82, 2.24) is 5.32 Å². The number of carbonyl (C=O) groups is 2. The molecule has 0 fully saturated rings. The number of nitrogens with one attached hydrogen (secondary N) is 1. The SMILES string of the molecule is CC(C)CCC(=O)CNC(=O)OC(C)(C)C. The largest absolute Gasteiger partial charge is 0.444 e. The van der Waals surface area contributed by atoms with E-state index in [1.165, 1.54) is 0 Å².